The van der Waals surface area contributed by atoms with E-state index in [1.165, 1.54) is 18.1 Å². The highest BCUT2D eigenvalue weighted by Crippen LogP contribution is 2.22. The Morgan fingerprint density at radius 2 is 1.20 bits per heavy atom. The molecule has 0 spiro atoms. The van der Waals surface area contributed by atoms with Gasteiger partial charge < -0.3 is 0 Å². The quantitative estimate of drug-likeness (QED) is 0.575. The molecule has 0 amide bonds. The topological polar surface area (TPSA) is 0 Å². The third kappa shape index (κ3) is 1.96. The number of hydrogen-bond donors (Lipinski definition) is 0. The largest absolute Gasteiger partial charge is 0.0740 e. The van der Waals surface area contributed by atoms with Gasteiger partial charge in [0.25, 0.3) is 0 Å². The first-order valence-corrected chi connectivity index (χ1v) is 11.4. The molecule has 0 radical (unpaired) electrons. The van der Waals surface area contributed by atoms with Crippen molar-refractivity contribution in [2.75, 3.05) is 0 Å². The van der Waals surface area contributed by atoms with E-state index in [2.05, 4.69) is 33.9 Å². The summed E-state index contributed by atoms with van der Waals surface area (Å²) in [7, 11) is -0.938. The first-order valence-electron chi connectivity index (χ1n) is 4.63. The molecular formula is C8H22Si2. The van der Waals surface area contributed by atoms with Crippen molar-refractivity contribution in [1.82, 2.24) is 0 Å². The van der Waals surface area contributed by atoms with E-state index in [0.717, 1.165) is 0 Å². The highest BCUT2D eigenvalue weighted by Gasteiger charge is 2.30. The van der Waals surface area contributed by atoms with Crippen LogP contribution in [-0.4, -0.2) is 15.9 Å². The summed E-state index contributed by atoms with van der Waals surface area (Å²) in [5.41, 5.74) is 0. The maximum absolute atomic E-state index is 2.54. The molecule has 0 aliphatic rings. The molecule has 10 heavy (non-hydrogen) atoms. The van der Waals surface area contributed by atoms with E-state index in [0.29, 0.717) is 0 Å². The lowest BCUT2D eigenvalue weighted by Gasteiger charge is -2.31. The minimum absolute atomic E-state index is 0.282. The van der Waals surface area contributed by atoms with E-state index in [1.54, 1.807) is 0 Å². The van der Waals surface area contributed by atoms with Gasteiger partial charge in [-0.1, -0.05) is 52.0 Å². The van der Waals surface area contributed by atoms with E-state index in [4.69, 9.17) is 0 Å². The van der Waals surface area contributed by atoms with Crippen molar-refractivity contribution in [2.24, 2.45) is 0 Å². The van der Waals surface area contributed by atoms with Crippen molar-refractivity contribution >= 4 is 15.9 Å². The Bertz CT molecular complexity index is 77.0. The smallest absolute Gasteiger partial charge is 0.0427 e. The van der Waals surface area contributed by atoms with E-state index in [1.807, 2.05) is 0 Å². The van der Waals surface area contributed by atoms with Crippen LogP contribution >= 0.6 is 0 Å². The summed E-state index contributed by atoms with van der Waals surface area (Å²) in [5.74, 6) is 0. The van der Waals surface area contributed by atoms with Gasteiger partial charge in [0.15, 0.2) is 0 Å². The maximum Gasteiger partial charge on any atom is 0.0427 e. The van der Waals surface area contributed by atoms with Gasteiger partial charge in [-0.2, -0.15) is 0 Å². The third-order valence-corrected chi connectivity index (χ3v) is 21.0. The molecule has 0 unspecified atom stereocenters. The second-order valence-corrected chi connectivity index (χ2v) is 17.9. The molecule has 0 aliphatic carbocycles. The minimum Gasteiger partial charge on any atom is -0.0740 e. The van der Waals surface area contributed by atoms with Gasteiger partial charge in [-0.15, -0.1) is 0 Å². The van der Waals surface area contributed by atoms with Crippen LogP contribution in [0.15, 0.2) is 0 Å². The molecule has 0 rings (SSSR count). The Hall–Kier alpha value is 0.434. The Labute approximate surface area is 68.4 Å². The van der Waals surface area contributed by atoms with Gasteiger partial charge in [-0.25, -0.2) is 0 Å². The molecule has 0 aliphatic heterocycles. The van der Waals surface area contributed by atoms with Crippen molar-refractivity contribution in [3.63, 3.8) is 0 Å². The van der Waals surface area contributed by atoms with Gasteiger partial charge in [0, 0.05) is 15.9 Å². The van der Waals surface area contributed by atoms with Crippen LogP contribution in [-0.2, 0) is 0 Å². The minimum atomic E-state index is -0.656. The predicted octanol–water partition coefficient (Wildman–Crippen LogP) is 3.06. The van der Waals surface area contributed by atoms with Crippen molar-refractivity contribution in [1.29, 1.82) is 0 Å². The monoisotopic (exact) mass is 174 g/mol. The van der Waals surface area contributed by atoms with E-state index in [9.17, 15) is 0 Å². The summed E-state index contributed by atoms with van der Waals surface area (Å²) in [6, 6.07) is 4.59. The molecule has 0 N–H and O–H groups in total. The zero-order valence-corrected chi connectivity index (χ0v) is 10.4. The highest BCUT2D eigenvalue weighted by atomic mass is 29.2. The molecule has 0 fully saturated rings. The van der Waals surface area contributed by atoms with Gasteiger partial charge in [0.05, 0.1) is 0 Å². The SMILES string of the molecule is CC[Si](CC)(CC)[SiH](C)C. The molecule has 0 heterocycles. The van der Waals surface area contributed by atoms with Crippen molar-refractivity contribution in [3.05, 3.63) is 0 Å². The number of hydrogen-bond acceptors (Lipinski definition) is 0. The van der Waals surface area contributed by atoms with Crippen molar-refractivity contribution in [2.45, 2.75) is 52.0 Å². The predicted molar refractivity (Wildman–Crippen MR) is 56.1 cm³/mol. The standard InChI is InChI=1S/C8H22Si2/c1-6-10(7-2,8-3)9(4)5/h9H,6-8H2,1-5H3. The van der Waals surface area contributed by atoms with Crippen LogP contribution in [0.5, 0.6) is 0 Å². The molecule has 0 saturated carbocycles. The summed E-state index contributed by atoms with van der Waals surface area (Å²) in [4.78, 5) is 0. The summed E-state index contributed by atoms with van der Waals surface area (Å²) in [6.45, 7) is 12.3. The lowest BCUT2D eigenvalue weighted by Crippen LogP contribution is -2.45. The van der Waals surface area contributed by atoms with Crippen LogP contribution in [0, 0.1) is 0 Å². The zero-order chi connectivity index (χ0) is 8.20. The summed E-state index contributed by atoms with van der Waals surface area (Å²) in [6.07, 6.45) is 0. The lowest BCUT2D eigenvalue weighted by molar-refractivity contribution is 1.21. The van der Waals surface area contributed by atoms with Crippen LogP contribution < -0.4 is 0 Å². The average molecular weight is 174 g/mol. The lowest BCUT2D eigenvalue weighted by atomic mass is 10.9. The van der Waals surface area contributed by atoms with Gasteiger partial charge >= 0.3 is 0 Å². The molecular weight excluding hydrogens is 152 g/mol. The van der Waals surface area contributed by atoms with E-state index < -0.39 is 7.59 Å². The van der Waals surface area contributed by atoms with Crippen LogP contribution in [0.1, 0.15) is 20.8 Å². The Morgan fingerprint density at radius 3 is 1.20 bits per heavy atom. The second kappa shape index (κ2) is 4.34. The fraction of sp³-hybridized carbons (Fsp3) is 1.00. The van der Waals surface area contributed by atoms with Crippen molar-refractivity contribution in [3.8, 4) is 0 Å². The molecule has 0 bridgehead atoms. The molecule has 2 heteroatoms. The van der Waals surface area contributed by atoms with Gasteiger partial charge in [0.2, 0.25) is 0 Å². The third-order valence-electron chi connectivity index (χ3n) is 3.34. The Balaban J connectivity index is 4.15. The van der Waals surface area contributed by atoms with Crippen LogP contribution in [0.25, 0.3) is 0 Å². The Kier molecular flexibility index (Phi) is 4.53. The van der Waals surface area contributed by atoms with Gasteiger partial charge in [-0.05, 0) is 0 Å². The maximum atomic E-state index is 2.54. The fourth-order valence-electron chi connectivity index (χ4n) is 1.97. The summed E-state index contributed by atoms with van der Waals surface area (Å²) < 4.78 is 0. The van der Waals surface area contributed by atoms with Crippen molar-refractivity contribution < 1.29 is 0 Å². The molecule has 0 atom stereocenters. The summed E-state index contributed by atoms with van der Waals surface area (Å²) >= 11 is 0. The highest BCUT2D eigenvalue weighted by molar-refractivity contribution is 7.32. The molecule has 0 aromatic heterocycles. The molecule has 62 valence electrons. The Morgan fingerprint density at radius 1 is 0.900 bits per heavy atom. The average Bonchev–Trinajstić information content (AvgIpc) is 1.92. The summed E-state index contributed by atoms with van der Waals surface area (Å²) in [5, 5.41) is 0. The molecule has 0 aromatic rings. The van der Waals surface area contributed by atoms with E-state index >= 15 is 0 Å². The first kappa shape index (κ1) is 10.4. The fourth-order valence-corrected chi connectivity index (χ4v) is 13.3. The molecule has 0 saturated heterocycles. The van der Waals surface area contributed by atoms with Crippen LogP contribution in [0.4, 0.5) is 0 Å². The first-order chi connectivity index (χ1) is 4.63. The van der Waals surface area contributed by atoms with Gasteiger partial charge in [0.1, 0.15) is 0 Å². The zero-order valence-electron chi connectivity index (χ0n) is 8.20. The number of rotatable bonds is 4. The molecule has 0 nitrogen and oxygen atoms in total. The second-order valence-electron chi connectivity index (χ2n) is 3.58. The van der Waals surface area contributed by atoms with E-state index in [-0.39, 0.29) is 8.31 Å². The normalized spacial score (nSPS) is 12.6. The van der Waals surface area contributed by atoms with Gasteiger partial charge in [-0.3, -0.25) is 0 Å². The van der Waals surface area contributed by atoms with Crippen LogP contribution in [0.3, 0.4) is 0 Å². The molecule has 0 aromatic carbocycles. The van der Waals surface area contributed by atoms with Crippen LogP contribution in [0.2, 0.25) is 31.2 Å².